The van der Waals surface area contributed by atoms with Crippen LogP contribution in [-0.2, 0) is 4.57 Å². The number of hydrogen-bond acceptors (Lipinski definition) is 3. The molecule has 0 aliphatic carbocycles. The van der Waals surface area contributed by atoms with Crippen LogP contribution in [0.15, 0.2) is 54.6 Å². The van der Waals surface area contributed by atoms with Gasteiger partial charge in [0.25, 0.3) is 5.91 Å². The van der Waals surface area contributed by atoms with E-state index in [0.717, 1.165) is 11.1 Å². The Balaban J connectivity index is 2.00. The second-order valence-electron chi connectivity index (χ2n) is 4.80. The van der Waals surface area contributed by atoms with E-state index in [1.165, 1.54) is 0 Å². The van der Waals surface area contributed by atoms with Gasteiger partial charge in [0.05, 0.1) is 6.54 Å². The van der Waals surface area contributed by atoms with Crippen molar-refractivity contribution >= 4 is 13.9 Å². The third-order valence-electron chi connectivity index (χ3n) is 3.19. The highest BCUT2D eigenvalue weighted by molar-refractivity contribution is 7.37. The zero-order chi connectivity index (χ0) is 15.9. The molecular formula is C16H17NO4P+. The summed E-state index contributed by atoms with van der Waals surface area (Å²) in [7, 11) is -2.23. The van der Waals surface area contributed by atoms with Gasteiger partial charge in [0.2, 0.25) is 0 Å². The normalized spacial score (nSPS) is 11.1. The molecule has 0 bridgehead atoms. The Morgan fingerprint density at radius 3 is 2.18 bits per heavy atom. The highest BCUT2D eigenvalue weighted by Gasteiger charge is 2.16. The number of carbonyl (C=O) groups excluding carboxylic acids is 1. The highest BCUT2D eigenvalue weighted by Crippen LogP contribution is 2.20. The molecule has 0 aliphatic heterocycles. The van der Waals surface area contributed by atoms with E-state index in [-0.39, 0.29) is 19.1 Å². The summed E-state index contributed by atoms with van der Waals surface area (Å²) < 4.78 is 10.6. The van der Waals surface area contributed by atoms with Crippen molar-refractivity contribution in [1.82, 2.24) is 5.06 Å². The Bertz CT molecular complexity index is 643. The molecule has 0 radical (unpaired) electrons. The molecule has 0 aromatic heterocycles. The van der Waals surface area contributed by atoms with E-state index < -0.39 is 13.9 Å². The van der Waals surface area contributed by atoms with Gasteiger partial charge in [0, 0.05) is 12.0 Å². The van der Waals surface area contributed by atoms with Gasteiger partial charge in [0.15, 0.2) is 6.16 Å². The lowest BCUT2D eigenvalue weighted by Crippen LogP contribution is -2.28. The average molecular weight is 318 g/mol. The van der Waals surface area contributed by atoms with Crippen molar-refractivity contribution in [1.29, 1.82) is 0 Å². The quantitative estimate of drug-likeness (QED) is 0.486. The van der Waals surface area contributed by atoms with E-state index >= 15 is 0 Å². The van der Waals surface area contributed by atoms with Crippen LogP contribution in [0.4, 0.5) is 0 Å². The lowest BCUT2D eigenvalue weighted by Gasteiger charge is -2.13. The maximum atomic E-state index is 12.0. The van der Waals surface area contributed by atoms with E-state index in [1.807, 2.05) is 42.5 Å². The standard InChI is InChI=1S/C16H16NO4P/c18-16(17(19)11-4-12-22(20)21)15-9-7-14(8-10-15)13-5-2-1-3-6-13/h1-3,5-10,19H,4,11-12H2/p+1. The van der Waals surface area contributed by atoms with Crippen molar-refractivity contribution in [3.63, 3.8) is 0 Å². The van der Waals surface area contributed by atoms with Gasteiger partial charge in [-0.15, -0.1) is 0 Å². The summed E-state index contributed by atoms with van der Waals surface area (Å²) in [6.07, 6.45) is 0.336. The molecule has 0 spiro atoms. The Morgan fingerprint density at radius 1 is 1.00 bits per heavy atom. The van der Waals surface area contributed by atoms with E-state index in [2.05, 4.69) is 0 Å². The summed E-state index contributed by atoms with van der Waals surface area (Å²) in [6.45, 7) is 0.0287. The summed E-state index contributed by atoms with van der Waals surface area (Å²) in [5.74, 6) is -0.521. The number of amides is 1. The van der Waals surface area contributed by atoms with Crippen molar-refractivity contribution in [2.75, 3.05) is 12.7 Å². The van der Waals surface area contributed by atoms with Crippen LogP contribution < -0.4 is 0 Å². The first-order valence-corrected chi connectivity index (χ1v) is 8.27. The molecule has 2 aromatic rings. The highest BCUT2D eigenvalue weighted by atomic mass is 31.1. The molecule has 22 heavy (non-hydrogen) atoms. The monoisotopic (exact) mass is 318 g/mol. The number of hydrogen-bond donors (Lipinski definition) is 2. The molecule has 0 aliphatic rings. The van der Waals surface area contributed by atoms with Crippen LogP contribution in [0.1, 0.15) is 16.8 Å². The molecule has 2 N–H and O–H groups in total. The number of hydroxylamine groups is 2. The number of benzene rings is 2. The molecule has 1 unspecified atom stereocenters. The van der Waals surface area contributed by atoms with E-state index in [0.29, 0.717) is 10.6 Å². The van der Waals surface area contributed by atoms with Crippen LogP contribution >= 0.6 is 8.03 Å². The molecule has 2 rings (SSSR count). The second-order valence-corrected chi connectivity index (χ2v) is 5.95. The maximum Gasteiger partial charge on any atom is 0.505 e. The van der Waals surface area contributed by atoms with Gasteiger partial charge in [-0.2, -0.15) is 4.89 Å². The van der Waals surface area contributed by atoms with E-state index in [1.54, 1.807) is 12.1 Å². The molecular weight excluding hydrogens is 301 g/mol. The summed E-state index contributed by atoms with van der Waals surface area (Å²) in [5, 5.41) is 10.3. The predicted octanol–water partition coefficient (Wildman–Crippen LogP) is 3.31. The van der Waals surface area contributed by atoms with Crippen LogP contribution in [0.5, 0.6) is 0 Å². The molecule has 114 valence electrons. The van der Waals surface area contributed by atoms with Crippen molar-refractivity contribution in [3.8, 4) is 11.1 Å². The molecule has 0 saturated heterocycles. The first kappa shape index (κ1) is 16.3. The molecule has 1 atom stereocenters. The van der Waals surface area contributed by atoms with Crippen molar-refractivity contribution in [3.05, 3.63) is 60.2 Å². The fourth-order valence-corrected chi connectivity index (χ4v) is 2.45. The van der Waals surface area contributed by atoms with Crippen LogP contribution in [0, 0.1) is 0 Å². The SMILES string of the molecule is O=C(c1ccc(-c2ccccc2)cc1)N(O)CCC[P+](=O)O. The van der Waals surface area contributed by atoms with Crippen LogP contribution in [0.3, 0.4) is 0 Å². The number of rotatable bonds is 6. The Kier molecular flexibility index (Phi) is 5.78. The minimum atomic E-state index is -2.23. The first-order valence-electron chi connectivity index (χ1n) is 6.87. The fraction of sp³-hybridized carbons (Fsp3) is 0.188. The van der Waals surface area contributed by atoms with Crippen molar-refractivity contribution in [2.24, 2.45) is 0 Å². The molecule has 6 heteroatoms. The molecule has 1 amide bonds. The summed E-state index contributed by atoms with van der Waals surface area (Å²) in [6, 6.07) is 16.7. The van der Waals surface area contributed by atoms with Crippen LogP contribution in [0.2, 0.25) is 0 Å². The number of nitrogens with zero attached hydrogens (tertiary/aromatic N) is 1. The lowest BCUT2D eigenvalue weighted by atomic mass is 10.0. The van der Waals surface area contributed by atoms with Gasteiger partial charge in [0.1, 0.15) is 0 Å². The fourth-order valence-electron chi connectivity index (χ4n) is 2.04. The van der Waals surface area contributed by atoms with Gasteiger partial charge in [-0.1, -0.05) is 42.5 Å². The summed E-state index contributed by atoms with van der Waals surface area (Å²) in [5.41, 5.74) is 2.41. The van der Waals surface area contributed by atoms with Gasteiger partial charge in [-0.25, -0.2) is 5.06 Å². The Labute approximate surface area is 129 Å². The smallest absolute Gasteiger partial charge is 0.286 e. The van der Waals surface area contributed by atoms with Gasteiger partial charge in [-0.3, -0.25) is 10.0 Å². The minimum Gasteiger partial charge on any atom is -0.286 e. The average Bonchev–Trinajstić information content (AvgIpc) is 2.54. The zero-order valence-corrected chi connectivity index (χ0v) is 12.8. The molecule has 0 saturated carbocycles. The Hall–Kier alpha value is -2.07. The van der Waals surface area contributed by atoms with Crippen molar-refractivity contribution < 1.29 is 19.5 Å². The van der Waals surface area contributed by atoms with Gasteiger partial charge in [-0.05, 0) is 27.8 Å². The van der Waals surface area contributed by atoms with Gasteiger partial charge >= 0.3 is 8.03 Å². The summed E-state index contributed by atoms with van der Waals surface area (Å²) >= 11 is 0. The van der Waals surface area contributed by atoms with E-state index in [9.17, 15) is 14.6 Å². The first-order chi connectivity index (χ1) is 10.6. The van der Waals surface area contributed by atoms with Crippen molar-refractivity contribution in [2.45, 2.75) is 6.42 Å². The second kappa shape index (κ2) is 7.80. The number of carbonyl (C=O) groups is 1. The minimum absolute atomic E-state index is 0.0287. The third-order valence-corrected chi connectivity index (χ3v) is 3.89. The third kappa shape index (κ3) is 4.46. The molecule has 0 fully saturated rings. The largest absolute Gasteiger partial charge is 0.505 e. The molecule has 2 aromatic carbocycles. The van der Waals surface area contributed by atoms with Gasteiger partial charge < -0.3 is 0 Å². The van der Waals surface area contributed by atoms with Crippen LogP contribution in [-0.4, -0.2) is 33.8 Å². The molecule has 5 nitrogen and oxygen atoms in total. The van der Waals surface area contributed by atoms with E-state index in [4.69, 9.17) is 4.89 Å². The summed E-state index contributed by atoms with van der Waals surface area (Å²) in [4.78, 5) is 20.7. The molecule has 0 heterocycles. The maximum absolute atomic E-state index is 12.0. The Morgan fingerprint density at radius 2 is 1.59 bits per heavy atom. The lowest BCUT2D eigenvalue weighted by molar-refractivity contribution is -0.0577. The predicted molar refractivity (Wildman–Crippen MR) is 84.0 cm³/mol. The zero-order valence-electron chi connectivity index (χ0n) is 11.9. The van der Waals surface area contributed by atoms with Crippen LogP contribution in [0.25, 0.3) is 11.1 Å². The topological polar surface area (TPSA) is 77.8 Å².